The molecule has 0 heterocycles. The first-order chi connectivity index (χ1) is 9.42. The second kappa shape index (κ2) is 8.07. The molecule has 0 saturated carbocycles. The molecule has 0 N–H and O–H groups in total. The van der Waals surface area contributed by atoms with Crippen LogP contribution in [0.2, 0.25) is 19.6 Å². The molecule has 0 aliphatic rings. The first kappa shape index (κ1) is 16.7. The van der Waals surface area contributed by atoms with E-state index in [2.05, 4.69) is 50.2 Å². The number of hydrogen-bond acceptors (Lipinski definition) is 1. The van der Waals surface area contributed by atoms with Crippen molar-refractivity contribution in [3.63, 3.8) is 0 Å². The van der Waals surface area contributed by atoms with Gasteiger partial charge in [-0.1, -0.05) is 70.1 Å². The number of ketones is 1. The number of carbonyl (C=O) groups is 1. The van der Waals surface area contributed by atoms with E-state index in [0.717, 1.165) is 6.42 Å². The third-order valence-corrected chi connectivity index (χ3v) is 3.96. The van der Waals surface area contributed by atoms with E-state index in [1.54, 1.807) is 0 Å². The van der Waals surface area contributed by atoms with E-state index in [4.69, 9.17) is 0 Å². The van der Waals surface area contributed by atoms with Gasteiger partial charge in [-0.2, -0.15) is 0 Å². The fourth-order valence-corrected chi connectivity index (χ4v) is 2.38. The molecule has 108 valence electrons. The summed E-state index contributed by atoms with van der Waals surface area (Å²) in [7, 11) is -1.47. The highest BCUT2D eigenvalue weighted by atomic mass is 28.3. The average molecular weight is 286 g/mol. The van der Waals surface area contributed by atoms with Crippen molar-refractivity contribution < 1.29 is 4.79 Å². The van der Waals surface area contributed by atoms with E-state index in [-0.39, 0.29) is 5.78 Å². The molecular formula is C18H26OSi. The normalized spacial score (nSPS) is 10.8. The zero-order chi connectivity index (χ0) is 15.0. The fourth-order valence-electron chi connectivity index (χ4n) is 1.90. The Morgan fingerprint density at radius 2 is 1.70 bits per heavy atom. The Bertz CT molecular complexity index is 483. The monoisotopic (exact) mass is 286 g/mol. The first-order valence-electron chi connectivity index (χ1n) is 7.59. The van der Waals surface area contributed by atoms with Gasteiger partial charge in [-0.3, -0.25) is 4.79 Å². The van der Waals surface area contributed by atoms with Crippen molar-refractivity contribution in [3.8, 4) is 11.5 Å². The van der Waals surface area contributed by atoms with E-state index < -0.39 is 8.07 Å². The molecule has 0 spiro atoms. The second-order valence-electron chi connectivity index (χ2n) is 6.34. The maximum Gasteiger partial charge on any atom is 0.235 e. The van der Waals surface area contributed by atoms with Gasteiger partial charge in [-0.25, -0.2) is 0 Å². The van der Waals surface area contributed by atoms with Gasteiger partial charge in [0.1, 0.15) is 8.07 Å². The highest BCUT2D eigenvalue weighted by Crippen LogP contribution is 2.10. The van der Waals surface area contributed by atoms with Crippen molar-refractivity contribution in [3.05, 3.63) is 35.4 Å². The number of aryl methyl sites for hydroxylation is 1. The van der Waals surface area contributed by atoms with Crippen LogP contribution in [0.5, 0.6) is 0 Å². The van der Waals surface area contributed by atoms with Gasteiger partial charge >= 0.3 is 0 Å². The van der Waals surface area contributed by atoms with Crippen molar-refractivity contribution in [1.29, 1.82) is 0 Å². The molecule has 1 aromatic carbocycles. The van der Waals surface area contributed by atoms with Gasteiger partial charge in [0, 0.05) is 5.56 Å². The fraction of sp³-hybridized carbons (Fsp3) is 0.500. The Hall–Kier alpha value is -1.33. The zero-order valence-corrected chi connectivity index (χ0v) is 14.3. The van der Waals surface area contributed by atoms with Crippen LogP contribution in [0.3, 0.4) is 0 Å². The summed E-state index contributed by atoms with van der Waals surface area (Å²) in [5.74, 6) is 2.74. The molecule has 0 unspecified atom stereocenters. The largest absolute Gasteiger partial charge is 0.279 e. The minimum Gasteiger partial charge on any atom is -0.279 e. The second-order valence-corrected chi connectivity index (χ2v) is 11.1. The summed E-state index contributed by atoms with van der Waals surface area (Å²) in [6, 6.07) is 7.96. The summed E-state index contributed by atoms with van der Waals surface area (Å²) >= 11 is 0. The van der Waals surface area contributed by atoms with E-state index >= 15 is 0 Å². The van der Waals surface area contributed by atoms with Crippen LogP contribution in [0.1, 0.15) is 48.5 Å². The highest BCUT2D eigenvalue weighted by Gasteiger charge is 2.09. The van der Waals surface area contributed by atoms with Gasteiger partial charge in [0.25, 0.3) is 0 Å². The predicted molar refractivity (Wildman–Crippen MR) is 89.7 cm³/mol. The molecule has 0 atom stereocenters. The van der Waals surface area contributed by atoms with E-state index in [1.165, 1.54) is 31.2 Å². The number of rotatable bonds is 6. The SMILES string of the molecule is CCCCCCc1ccc(C(=O)C#C[Si](C)(C)C)cc1. The summed E-state index contributed by atoms with van der Waals surface area (Å²) in [5, 5.41) is 0. The van der Waals surface area contributed by atoms with Crippen molar-refractivity contribution in [2.75, 3.05) is 0 Å². The van der Waals surface area contributed by atoms with Crippen LogP contribution in [0.25, 0.3) is 0 Å². The third-order valence-electron chi connectivity index (χ3n) is 3.09. The minimum atomic E-state index is -1.47. The topological polar surface area (TPSA) is 17.1 Å². The average Bonchev–Trinajstić information content (AvgIpc) is 2.41. The molecule has 0 fully saturated rings. The van der Waals surface area contributed by atoms with Crippen LogP contribution in [0.4, 0.5) is 0 Å². The lowest BCUT2D eigenvalue weighted by Gasteiger charge is -2.04. The van der Waals surface area contributed by atoms with Gasteiger partial charge in [-0.05, 0) is 24.3 Å². The van der Waals surface area contributed by atoms with Crippen molar-refractivity contribution >= 4 is 13.9 Å². The number of benzene rings is 1. The summed E-state index contributed by atoms with van der Waals surface area (Å²) in [5.41, 5.74) is 5.15. The van der Waals surface area contributed by atoms with Crippen LogP contribution in [-0.2, 0) is 6.42 Å². The standard InChI is InChI=1S/C18H26OSi/c1-5-6-7-8-9-16-10-12-17(13-11-16)18(19)14-15-20(2,3)4/h10-13H,5-9H2,1-4H3. The van der Waals surface area contributed by atoms with Gasteiger partial charge in [0.05, 0.1) is 0 Å². The lowest BCUT2D eigenvalue weighted by Crippen LogP contribution is -2.17. The Kier molecular flexibility index (Phi) is 6.74. The number of hydrogen-bond donors (Lipinski definition) is 0. The molecule has 0 aromatic heterocycles. The molecule has 2 heteroatoms. The number of Topliss-reactive ketones (excluding diaryl/α,β-unsaturated/α-hetero) is 1. The Morgan fingerprint density at radius 3 is 2.25 bits per heavy atom. The maximum atomic E-state index is 12.0. The van der Waals surface area contributed by atoms with Gasteiger partial charge in [-0.15, -0.1) is 5.54 Å². The van der Waals surface area contributed by atoms with Gasteiger partial charge in [0.2, 0.25) is 5.78 Å². The van der Waals surface area contributed by atoms with Crippen molar-refractivity contribution in [2.45, 2.75) is 58.7 Å². The Morgan fingerprint density at radius 1 is 1.05 bits per heavy atom. The zero-order valence-electron chi connectivity index (χ0n) is 13.3. The maximum absolute atomic E-state index is 12.0. The highest BCUT2D eigenvalue weighted by molar-refractivity contribution is 6.84. The van der Waals surface area contributed by atoms with Crippen LogP contribution >= 0.6 is 0 Å². The third kappa shape index (κ3) is 6.72. The number of unbranched alkanes of at least 4 members (excludes halogenated alkanes) is 3. The molecule has 1 aromatic rings. The predicted octanol–water partition coefficient (Wildman–Crippen LogP) is 4.87. The first-order valence-corrected chi connectivity index (χ1v) is 11.1. The van der Waals surface area contributed by atoms with Crippen molar-refractivity contribution in [2.24, 2.45) is 0 Å². The smallest absolute Gasteiger partial charge is 0.235 e. The van der Waals surface area contributed by atoms with E-state index in [0.29, 0.717) is 5.56 Å². The number of carbonyl (C=O) groups excluding carboxylic acids is 1. The van der Waals surface area contributed by atoms with E-state index in [9.17, 15) is 4.79 Å². The molecule has 20 heavy (non-hydrogen) atoms. The molecule has 1 nitrogen and oxygen atoms in total. The molecule has 0 aliphatic carbocycles. The minimum absolute atomic E-state index is 0.0510. The lowest BCUT2D eigenvalue weighted by molar-refractivity contribution is 0.105. The molecule has 0 saturated heterocycles. The quantitative estimate of drug-likeness (QED) is 0.315. The summed E-state index contributed by atoms with van der Waals surface area (Å²) < 4.78 is 0. The van der Waals surface area contributed by atoms with Crippen LogP contribution in [0.15, 0.2) is 24.3 Å². The summed E-state index contributed by atoms with van der Waals surface area (Å²) in [4.78, 5) is 12.0. The van der Waals surface area contributed by atoms with Crippen LogP contribution in [-0.4, -0.2) is 13.9 Å². The molecule has 0 radical (unpaired) electrons. The lowest BCUT2D eigenvalue weighted by atomic mass is 10.0. The van der Waals surface area contributed by atoms with Crippen LogP contribution < -0.4 is 0 Å². The molecule has 0 amide bonds. The Labute approximate surface area is 124 Å². The molecule has 0 aliphatic heterocycles. The summed E-state index contributed by atoms with van der Waals surface area (Å²) in [6.07, 6.45) is 6.20. The van der Waals surface area contributed by atoms with Gasteiger partial charge in [0.15, 0.2) is 0 Å². The molecular weight excluding hydrogens is 260 g/mol. The summed E-state index contributed by atoms with van der Waals surface area (Å²) in [6.45, 7) is 8.66. The van der Waals surface area contributed by atoms with Crippen molar-refractivity contribution in [1.82, 2.24) is 0 Å². The van der Waals surface area contributed by atoms with E-state index in [1.807, 2.05) is 12.1 Å². The molecule has 0 bridgehead atoms. The Balaban J connectivity index is 2.57. The molecule has 1 rings (SSSR count). The van der Waals surface area contributed by atoms with Gasteiger partial charge < -0.3 is 0 Å². The van der Waals surface area contributed by atoms with Crippen LogP contribution in [0, 0.1) is 11.5 Å².